The molecule has 1 aliphatic rings. The zero-order chi connectivity index (χ0) is 13.8. The predicted molar refractivity (Wildman–Crippen MR) is 79.8 cm³/mol. The number of nitrogens with zero attached hydrogens (tertiary/aromatic N) is 1. The zero-order valence-corrected chi connectivity index (χ0v) is 12.5. The second-order valence-corrected chi connectivity index (χ2v) is 5.97. The molecule has 2 aromatic rings. The molecule has 0 unspecified atom stereocenters. The zero-order valence-electron chi connectivity index (χ0n) is 11.6. The number of benzene rings is 1. The molecule has 1 aromatic heterocycles. The van der Waals surface area contributed by atoms with Gasteiger partial charge in [-0.3, -0.25) is 0 Å². The number of nitrogens with one attached hydrogen (secondary N) is 2. The molecule has 1 aliphatic heterocycles. The van der Waals surface area contributed by atoms with E-state index in [1.165, 1.54) is 0 Å². The number of H-pyrrole nitrogens is 1. The van der Waals surface area contributed by atoms with Crippen LogP contribution < -0.4 is 9.64 Å². The number of rotatable bonds is 5. The van der Waals surface area contributed by atoms with Gasteiger partial charge < -0.3 is 19.4 Å². The van der Waals surface area contributed by atoms with Gasteiger partial charge in [0.1, 0.15) is 18.8 Å². The number of hydrogen-bond acceptors (Lipinski definition) is 4. The molecule has 0 spiro atoms. The van der Waals surface area contributed by atoms with Gasteiger partial charge in [0.2, 0.25) is 0 Å². The van der Waals surface area contributed by atoms with E-state index in [9.17, 15) is 0 Å². The summed E-state index contributed by atoms with van der Waals surface area (Å²) in [4.78, 5) is 9.56. The largest absolute Gasteiger partial charge is 0.497 e. The lowest BCUT2D eigenvalue weighted by molar-refractivity contribution is -0.905. The van der Waals surface area contributed by atoms with Crippen molar-refractivity contribution in [1.29, 1.82) is 0 Å². The minimum Gasteiger partial charge on any atom is -0.497 e. The Kier molecular flexibility index (Phi) is 4.44. The van der Waals surface area contributed by atoms with Gasteiger partial charge in [-0.25, -0.2) is 4.98 Å². The maximum Gasteiger partial charge on any atom is 0.166 e. The number of quaternary nitrogens is 1. The molecule has 1 fully saturated rings. The van der Waals surface area contributed by atoms with E-state index in [0.29, 0.717) is 0 Å². The Hall–Kier alpha value is -1.24. The number of aromatic nitrogens is 2. The van der Waals surface area contributed by atoms with Crippen molar-refractivity contribution in [2.24, 2.45) is 0 Å². The van der Waals surface area contributed by atoms with Gasteiger partial charge in [-0.15, -0.1) is 0 Å². The second kappa shape index (κ2) is 6.47. The lowest BCUT2D eigenvalue weighted by Gasteiger charge is -2.23. The highest BCUT2D eigenvalue weighted by molar-refractivity contribution is 7.99. The molecule has 20 heavy (non-hydrogen) atoms. The van der Waals surface area contributed by atoms with Crippen LogP contribution in [0, 0.1) is 0 Å². The van der Waals surface area contributed by atoms with E-state index in [-0.39, 0.29) is 0 Å². The number of morpholine rings is 1. The first kappa shape index (κ1) is 13.7. The lowest BCUT2D eigenvalue weighted by atomic mass is 10.3. The van der Waals surface area contributed by atoms with Crippen molar-refractivity contribution in [1.82, 2.24) is 9.97 Å². The van der Waals surface area contributed by atoms with Gasteiger partial charge in [0.25, 0.3) is 0 Å². The van der Waals surface area contributed by atoms with Crippen LogP contribution in [0.2, 0.25) is 0 Å². The first-order valence-corrected chi connectivity index (χ1v) is 7.91. The fraction of sp³-hybridized carbons (Fsp3) is 0.500. The summed E-state index contributed by atoms with van der Waals surface area (Å²) < 4.78 is 10.6. The van der Waals surface area contributed by atoms with E-state index in [2.05, 4.69) is 9.97 Å². The maximum atomic E-state index is 5.37. The van der Waals surface area contributed by atoms with Gasteiger partial charge in [-0.05, 0) is 12.1 Å². The van der Waals surface area contributed by atoms with E-state index in [1.54, 1.807) is 23.8 Å². The van der Waals surface area contributed by atoms with Crippen LogP contribution in [-0.2, 0) is 4.74 Å². The Bertz CT molecular complexity index is 567. The summed E-state index contributed by atoms with van der Waals surface area (Å²) in [7, 11) is 1.68. The number of ether oxygens (including phenoxy) is 2. The molecule has 6 heteroatoms. The average Bonchev–Trinajstić information content (AvgIpc) is 2.90. The highest BCUT2D eigenvalue weighted by Crippen LogP contribution is 2.22. The van der Waals surface area contributed by atoms with Crippen molar-refractivity contribution in [2.75, 3.05) is 45.7 Å². The molecule has 108 valence electrons. The number of fused-ring (bicyclic) bond motifs is 1. The Morgan fingerprint density at radius 1 is 1.40 bits per heavy atom. The molecule has 3 rings (SSSR count). The Labute approximate surface area is 122 Å². The minimum absolute atomic E-state index is 0.857. The number of methoxy groups -OCH3 is 1. The van der Waals surface area contributed by atoms with Gasteiger partial charge >= 0.3 is 0 Å². The van der Waals surface area contributed by atoms with Gasteiger partial charge in [0.05, 0.1) is 43.7 Å². The van der Waals surface area contributed by atoms with Crippen LogP contribution >= 0.6 is 11.8 Å². The van der Waals surface area contributed by atoms with Crippen molar-refractivity contribution in [3.63, 3.8) is 0 Å². The van der Waals surface area contributed by atoms with E-state index in [1.807, 2.05) is 18.2 Å². The minimum atomic E-state index is 0.857. The van der Waals surface area contributed by atoms with Crippen LogP contribution in [-0.4, -0.2) is 55.7 Å². The van der Waals surface area contributed by atoms with Crippen LogP contribution in [0.1, 0.15) is 0 Å². The molecular formula is C14H20N3O2S+. The van der Waals surface area contributed by atoms with Crippen molar-refractivity contribution in [3.05, 3.63) is 18.2 Å². The molecule has 1 saturated heterocycles. The summed E-state index contributed by atoms with van der Waals surface area (Å²) in [6.07, 6.45) is 0. The summed E-state index contributed by atoms with van der Waals surface area (Å²) in [5.41, 5.74) is 2.03. The molecule has 2 N–H and O–H groups in total. The third-order valence-corrected chi connectivity index (χ3v) is 4.44. The molecule has 1 aromatic carbocycles. The van der Waals surface area contributed by atoms with Crippen molar-refractivity contribution >= 4 is 22.8 Å². The molecule has 0 bridgehead atoms. The van der Waals surface area contributed by atoms with Crippen LogP contribution in [0.25, 0.3) is 11.0 Å². The van der Waals surface area contributed by atoms with E-state index >= 15 is 0 Å². The third-order valence-electron chi connectivity index (χ3n) is 3.56. The fourth-order valence-corrected chi connectivity index (χ4v) is 3.29. The Morgan fingerprint density at radius 3 is 3.05 bits per heavy atom. The van der Waals surface area contributed by atoms with Crippen molar-refractivity contribution in [2.45, 2.75) is 5.16 Å². The molecule has 0 aliphatic carbocycles. The van der Waals surface area contributed by atoms with E-state index < -0.39 is 0 Å². The van der Waals surface area contributed by atoms with Crippen molar-refractivity contribution in [3.8, 4) is 5.75 Å². The number of imidazole rings is 1. The predicted octanol–water partition coefficient (Wildman–Crippen LogP) is 0.579. The topological polar surface area (TPSA) is 51.6 Å². The first-order chi connectivity index (χ1) is 9.85. The maximum absolute atomic E-state index is 5.37. The molecule has 2 heterocycles. The molecule has 0 saturated carbocycles. The van der Waals surface area contributed by atoms with Crippen LogP contribution in [0.15, 0.2) is 23.4 Å². The number of aromatic amines is 1. The Morgan fingerprint density at radius 2 is 2.25 bits per heavy atom. The summed E-state index contributed by atoms with van der Waals surface area (Å²) >= 11 is 1.78. The van der Waals surface area contributed by atoms with Gasteiger partial charge in [-0.1, -0.05) is 11.8 Å². The normalized spacial score (nSPS) is 16.6. The summed E-state index contributed by atoms with van der Waals surface area (Å²) in [6, 6.07) is 5.91. The van der Waals surface area contributed by atoms with Crippen LogP contribution in [0.5, 0.6) is 5.75 Å². The summed E-state index contributed by atoms with van der Waals surface area (Å²) in [5.74, 6) is 1.93. The summed E-state index contributed by atoms with van der Waals surface area (Å²) in [5, 5.41) is 0.987. The lowest BCUT2D eigenvalue weighted by Crippen LogP contribution is -3.14. The standard InChI is InChI=1S/C14H19N3O2S/c1-18-11-2-3-12-13(10-11)16-14(15-12)20-9-6-17-4-7-19-8-5-17/h2-3,10H,4-9H2,1H3,(H,15,16)/p+1. The fourth-order valence-electron chi connectivity index (χ4n) is 2.36. The molecule has 0 atom stereocenters. The quantitative estimate of drug-likeness (QED) is 0.792. The Balaban J connectivity index is 1.57. The monoisotopic (exact) mass is 294 g/mol. The summed E-state index contributed by atoms with van der Waals surface area (Å²) in [6.45, 7) is 5.19. The van der Waals surface area contributed by atoms with E-state index in [0.717, 1.165) is 60.5 Å². The smallest absolute Gasteiger partial charge is 0.166 e. The first-order valence-electron chi connectivity index (χ1n) is 6.93. The van der Waals surface area contributed by atoms with Crippen LogP contribution in [0.4, 0.5) is 0 Å². The molecule has 0 radical (unpaired) electrons. The highest BCUT2D eigenvalue weighted by Gasteiger charge is 2.13. The van der Waals surface area contributed by atoms with E-state index in [4.69, 9.17) is 9.47 Å². The molecule has 0 amide bonds. The average molecular weight is 294 g/mol. The SMILES string of the molecule is COc1ccc2nc(SCC[NH+]3CCOCC3)[nH]c2c1. The molecule has 5 nitrogen and oxygen atoms in total. The highest BCUT2D eigenvalue weighted by atomic mass is 32.2. The van der Waals surface area contributed by atoms with Crippen molar-refractivity contribution < 1.29 is 14.4 Å². The van der Waals surface area contributed by atoms with Crippen LogP contribution in [0.3, 0.4) is 0 Å². The van der Waals surface area contributed by atoms with Gasteiger partial charge in [0.15, 0.2) is 5.16 Å². The number of hydrogen-bond donors (Lipinski definition) is 2. The number of thioether (sulfide) groups is 1. The second-order valence-electron chi connectivity index (χ2n) is 4.89. The van der Waals surface area contributed by atoms with Gasteiger partial charge in [-0.2, -0.15) is 0 Å². The molecular weight excluding hydrogens is 274 g/mol. The third kappa shape index (κ3) is 3.26. The van der Waals surface area contributed by atoms with Gasteiger partial charge in [0, 0.05) is 6.07 Å².